The molecule has 1 aromatic carbocycles. The Labute approximate surface area is 121 Å². The minimum atomic E-state index is 0.721. The molecule has 0 bridgehead atoms. The molecule has 0 aromatic heterocycles. The van der Waals surface area contributed by atoms with Gasteiger partial charge in [0.15, 0.2) is 0 Å². The third-order valence-corrected chi connectivity index (χ3v) is 3.80. The maximum absolute atomic E-state index is 6.39. The van der Waals surface area contributed by atoms with Crippen molar-refractivity contribution in [3.63, 3.8) is 0 Å². The van der Waals surface area contributed by atoms with Crippen LogP contribution in [0.1, 0.15) is 18.4 Å². The van der Waals surface area contributed by atoms with Gasteiger partial charge in [0.1, 0.15) is 0 Å². The molecule has 19 heavy (non-hydrogen) atoms. The van der Waals surface area contributed by atoms with Crippen molar-refractivity contribution in [3.05, 3.63) is 28.8 Å². The number of halogens is 1. The second-order valence-corrected chi connectivity index (χ2v) is 6.03. The molecule has 0 radical (unpaired) electrons. The molecule has 1 aliphatic rings. The van der Waals surface area contributed by atoms with E-state index in [4.69, 9.17) is 11.6 Å². The average Bonchev–Trinajstić information content (AvgIpc) is 3.17. The first-order chi connectivity index (χ1) is 9.08. The van der Waals surface area contributed by atoms with Gasteiger partial charge in [0, 0.05) is 32.7 Å². The van der Waals surface area contributed by atoms with Gasteiger partial charge in [-0.15, -0.1) is 0 Å². The smallest absolute Gasteiger partial charge is 0.0642 e. The number of anilines is 1. The second kappa shape index (κ2) is 6.60. The van der Waals surface area contributed by atoms with Crippen molar-refractivity contribution in [2.75, 3.05) is 39.1 Å². The van der Waals surface area contributed by atoms with Gasteiger partial charge >= 0.3 is 0 Å². The number of rotatable bonds is 7. The summed E-state index contributed by atoms with van der Waals surface area (Å²) in [6.07, 6.45) is 2.62. The summed E-state index contributed by atoms with van der Waals surface area (Å²) < 4.78 is 0. The van der Waals surface area contributed by atoms with Gasteiger partial charge in [-0.3, -0.25) is 0 Å². The van der Waals surface area contributed by atoms with E-state index in [0.29, 0.717) is 0 Å². The fraction of sp³-hybridized carbons (Fsp3) is 0.600. The molecule has 1 fully saturated rings. The molecule has 1 saturated carbocycles. The summed E-state index contributed by atoms with van der Waals surface area (Å²) in [6, 6.07) is 6.90. The zero-order valence-corrected chi connectivity index (χ0v) is 12.9. The minimum Gasteiger partial charge on any atom is -0.372 e. The van der Waals surface area contributed by atoms with Gasteiger partial charge in [0.05, 0.1) is 10.7 Å². The number of benzene rings is 1. The lowest BCUT2D eigenvalue weighted by molar-refractivity contribution is 0.416. The molecule has 2 rings (SSSR count). The molecule has 106 valence electrons. The monoisotopic (exact) mass is 281 g/mol. The van der Waals surface area contributed by atoms with Gasteiger partial charge in [-0.2, -0.15) is 0 Å². The molecule has 4 heteroatoms. The fourth-order valence-corrected chi connectivity index (χ4v) is 2.47. The van der Waals surface area contributed by atoms with Gasteiger partial charge < -0.3 is 15.1 Å². The number of nitrogens with one attached hydrogen (secondary N) is 1. The van der Waals surface area contributed by atoms with Crippen LogP contribution in [0.15, 0.2) is 18.2 Å². The van der Waals surface area contributed by atoms with Gasteiger partial charge in [-0.1, -0.05) is 23.7 Å². The molecular formula is C15H24ClN3. The first-order valence-corrected chi connectivity index (χ1v) is 7.32. The molecule has 0 heterocycles. The molecule has 1 N–H and O–H groups in total. The standard InChI is InChI=1S/C15H24ClN3/c1-18(2)9-10-19(3)15-12(5-4-6-14(15)16)11-17-13-7-8-13/h4-6,13,17H,7-11H2,1-3H3. The summed E-state index contributed by atoms with van der Waals surface area (Å²) in [5.41, 5.74) is 2.46. The van der Waals surface area contributed by atoms with E-state index in [1.165, 1.54) is 24.1 Å². The summed E-state index contributed by atoms with van der Waals surface area (Å²) >= 11 is 6.39. The van der Waals surface area contributed by atoms with Crippen LogP contribution in [-0.4, -0.2) is 45.2 Å². The zero-order chi connectivity index (χ0) is 13.8. The first kappa shape index (κ1) is 14.6. The first-order valence-electron chi connectivity index (χ1n) is 6.94. The third-order valence-electron chi connectivity index (χ3n) is 3.49. The Morgan fingerprint density at radius 1 is 1.21 bits per heavy atom. The van der Waals surface area contributed by atoms with Crippen LogP contribution in [0.3, 0.4) is 0 Å². The van der Waals surface area contributed by atoms with E-state index in [2.05, 4.69) is 42.3 Å². The number of likely N-dealkylation sites (N-methyl/N-ethyl adjacent to an activating group) is 2. The fourth-order valence-electron chi connectivity index (χ4n) is 2.13. The van der Waals surface area contributed by atoms with Crippen molar-refractivity contribution in [1.82, 2.24) is 10.2 Å². The van der Waals surface area contributed by atoms with E-state index in [-0.39, 0.29) is 0 Å². The third kappa shape index (κ3) is 4.37. The molecule has 0 saturated heterocycles. The lowest BCUT2D eigenvalue weighted by Crippen LogP contribution is -2.30. The number of hydrogen-bond donors (Lipinski definition) is 1. The molecule has 0 unspecified atom stereocenters. The Hall–Kier alpha value is -0.770. The van der Waals surface area contributed by atoms with Crippen molar-refractivity contribution >= 4 is 17.3 Å². The quantitative estimate of drug-likeness (QED) is 0.829. The Balaban J connectivity index is 2.06. The second-order valence-electron chi connectivity index (χ2n) is 5.63. The minimum absolute atomic E-state index is 0.721. The highest BCUT2D eigenvalue weighted by molar-refractivity contribution is 6.33. The van der Waals surface area contributed by atoms with Gasteiger partial charge in [0.25, 0.3) is 0 Å². The van der Waals surface area contributed by atoms with Gasteiger partial charge in [0.2, 0.25) is 0 Å². The van der Waals surface area contributed by atoms with Crippen molar-refractivity contribution in [3.8, 4) is 0 Å². The number of nitrogens with zero attached hydrogens (tertiary/aromatic N) is 2. The lowest BCUT2D eigenvalue weighted by Gasteiger charge is -2.25. The van der Waals surface area contributed by atoms with Crippen LogP contribution in [0.25, 0.3) is 0 Å². The number of hydrogen-bond acceptors (Lipinski definition) is 3. The topological polar surface area (TPSA) is 18.5 Å². The van der Waals surface area contributed by atoms with Crippen LogP contribution in [0, 0.1) is 0 Å². The molecule has 3 nitrogen and oxygen atoms in total. The molecule has 0 spiro atoms. The summed E-state index contributed by atoms with van der Waals surface area (Å²) in [5.74, 6) is 0. The van der Waals surface area contributed by atoms with E-state index in [0.717, 1.165) is 30.7 Å². The van der Waals surface area contributed by atoms with Gasteiger partial charge in [-0.05, 0) is 38.6 Å². The van der Waals surface area contributed by atoms with E-state index in [1.807, 2.05) is 12.1 Å². The summed E-state index contributed by atoms with van der Waals surface area (Å²) in [5, 5.41) is 4.41. The predicted octanol–water partition coefficient (Wildman–Crippen LogP) is 2.59. The summed E-state index contributed by atoms with van der Waals surface area (Å²) in [6.45, 7) is 2.91. The zero-order valence-electron chi connectivity index (χ0n) is 12.1. The highest BCUT2D eigenvalue weighted by Crippen LogP contribution is 2.30. The van der Waals surface area contributed by atoms with Crippen LogP contribution < -0.4 is 10.2 Å². The van der Waals surface area contributed by atoms with Crippen molar-refractivity contribution in [1.29, 1.82) is 0 Å². The highest BCUT2D eigenvalue weighted by Gasteiger charge is 2.21. The Kier molecular flexibility index (Phi) is 5.08. The van der Waals surface area contributed by atoms with E-state index in [1.54, 1.807) is 0 Å². The Morgan fingerprint density at radius 3 is 2.58 bits per heavy atom. The van der Waals surface area contributed by atoms with Crippen LogP contribution in [0.5, 0.6) is 0 Å². The average molecular weight is 282 g/mol. The van der Waals surface area contributed by atoms with Crippen LogP contribution in [0.2, 0.25) is 5.02 Å². The van der Waals surface area contributed by atoms with E-state index >= 15 is 0 Å². The Morgan fingerprint density at radius 2 is 1.95 bits per heavy atom. The van der Waals surface area contributed by atoms with Crippen LogP contribution in [0.4, 0.5) is 5.69 Å². The van der Waals surface area contributed by atoms with Crippen LogP contribution >= 0.6 is 11.6 Å². The number of para-hydroxylation sites is 1. The van der Waals surface area contributed by atoms with E-state index < -0.39 is 0 Å². The van der Waals surface area contributed by atoms with Crippen molar-refractivity contribution in [2.24, 2.45) is 0 Å². The summed E-state index contributed by atoms with van der Waals surface area (Å²) in [4.78, 5) is 4.45. The van der Waals surface area contributed by atoms with E-state index in [9.17, 15) is 0 Å². The SMILES string of the molecule is CN(C)CCN(C)c1c(Cl)cccc1CNC1CC1. The normalized spacial score (nSPS) is 15.0. The molecule has 0 amide bonds. The predicted molar refractivity (Wildman–Crippen MR) is 83.1 cm³/mol. The maximum atomic E-state index is 6.39. The largest absolute Gasteiger partial charge is 0.372 e. The van der Waals surface area contributed by atoms with Crippen molar-refractivity contribution in [2.45, 2.75) is 25.4 Å². The molecular weight excluding hydrogens is 258 g/mol. The molecule has 0 aliphatic heterocycles. The van der Waals surface area contributed by atoms with Gasteiger partial charge in [-0.25, -0.2) is 0 Å². The summed E-state index contributed by atoms with van der Waals surface area (Å²) in [7, 11) is 6.30. The molecule has 1 aromatic rings. The highest BCUT2D eigenvalue weighted by atomic mass is 35.5. The molecule has 1 aliphatic carbocycles. The lowest BCUT2D eigenvalue weighted by atomic mass is 10.1. The Bertz CT molecular complexity index is 416. The maximum Gasteiger partial charge on any atom is 0.0642 e. The van der Waals surface area contributed by atoms with Crippen LogP contribution in [-0.2, 0) is 6.54 Å². The molecule has 0 atom stereocenters. The van der Waals surface area contributed by atoms with Crippen molar-refractivity contribution < 1.29 is 0 Å².